The number of thiophene rings is 2. The molecule has 3 nitrogen and oxygen atoms in total. The Morgan fingerprint density at radius 3 is 1.33 bits per heavy atom. The first-order chi connectivity index (χ1) is 30.2. The molecule has 0 aliphatic heterocycles. The molecule has 0 saturated carbocycles. The van der Waals surface area contributed by atoms with E-state index < -0.39 is 0 Å². The van der Waals surface area contributed by atoms with Crippen molar-refractivity contribution in [1.29, 1.82) is 5.26 Å². The van der Waals surface area contributed by atoms with Gasteiger partial charge in [0.25, 0.3) is 0 Å². The fourth-order valence-electron chi connectivity index (χ4n) is 9.44. The SMILES string of the molecule is [C-]#[N+]c1c(-c2ccccc2)c(-c2ccc(-c3ccccc3)cc2)c(C#N)c(-n2c3c(ccc4c5ccccc5sc43)c3ccc4c5ccccc5sc4c32)c1-c1ccccc1. The van der Waals surface area contributed by atoms with Crippen molar-refractivity contribution in [3.05, 3.63) is 205 Å². The molecular formula is C56H31N3S2. The summed E-state index contributed by atoms with van der Waals surface area (Å²) in [6.07, 6.45) is 0. The standard InChI is InChI=1S/C56H31N3S2/c1-58-51-49(36-17-7-3-8-18-36)48(38-27-25-35(26-28-38)34-15-5-2-6-16-34)45(33-57)52(50(51)37-19-9-4-10-20-37)59-53-41(29-31-43-39-21-11-13-23-46(39)60-55(43)53)42-30-32-44-40-22-12-14-24-47(40)61-56(44)54(42)59/h2-32H. The summed E-state index contributed by atoms with van der Waals surface area (Å²) in [6, 6.07) is 68.3. The highest BCUT2D eigenvalue weighted by atomic mass is 32.1. The van der Waals surface area contributed by atoms with Crippen molar-refractivity contribution < 1.29 is 0 Å². The summed E-state index contributed by atoms with van der Waals surface area (Å²) in [4.78, 5) is 4.51. The highest BCUT2D eigenvalue weighted by Gasteiger charge is 2.31. The van der Waals surface area contributed by atoms with Gasteiger partial charge in [-0.05, 0) is 51.1 Å². The van der Waals surface area contributed by atoms with Crippen molar-refractivity contribution in [2.75, 3.05) is 0 Å². The molecule has 0 atom stereocenters. The monoisotopic (exact) mass is 809 g/mol. The van der Waals surface area contributed by atoms with Crippen LogP contribution in [0.2, 0.25) is 0 Å². The van der Waals surface area contributed by atoms with Crippen molar-refractivity contribution >= 4 is 90.5 Å². The van der Waals surface area contributed by atoms with Crippen molar-refractivity contribution in [3.63, 3.8) is 0 Å². The minimum absolute atomic E-state index is 0.510. The molecule has 0 bridgehead atoms. The number of hydrogen-bond acceptors (Lipinski definition) is 3. The molecule has 5 heteroatoms. The maximum atomic E-state index is 12.0. The Bertz CT molecular complexity index is 3680. The van der Waals surface area contributed by atoms with Gasteiger partial charge in [0.05, 0.1) is 38.3 Å². The molecule has 12 rings (SSSR count). The topological polar surface area (TPSA) is 33.1 Å². The van der Waals surface area contributed by atoms with Gasteiger partial charge in [-0.3, -0.25) is 0 Å². The van der Waals surface area contributed by atoms with E-state index in [1.807, 2.05) is 54.6 Å². The molecule has 0 amide bonds. The summed E-state index contributed by atoms with van der Waals surface area (Å²) >= 11 is 3.58. The van der Waals surface area contributed by atoms with Gasteiger partial charge in [0.15, 0.2) is 0 Å². The molecule has 0 fully saturated rings. The van der Waals surface area contributed by atoms with Crippen LogP contribution in [0.3, 0.4) is 0 Å². The third kappa shape index (κ3) is 5.26. The highest BCUT2D eigenvalue weighted by molar-refractivity contribution is 7.27. The number of hydrogen-bond donors (Lipinski definition) is 0. The lowest BCUT2D eigenvalue weighted by Gasteiger charge is -2.24. The molecule has 3 aromatic heterocycles. The first-order valence-corrected chi connectivity index (χ1v) is 21.8. The largest absolute Gasteiger partial charge is 0.306 e. The van der Waals surface area contributed by atoms with Crippen LogP contribution in [0.4, 0.5) is 5.69 Å². The minimum Gasteiger partial charge on any atom is -0.306 e. The van der Waals surface area contributed by atoms with Crippen LogP contribution in [-0.2, 0) is 0 Å². The van der Waals surface area contributed by atoms with Gasteiger partial charge in [0.2, 0.25) is 5.69 Å². The predicted octanol–water partition coefficient (Wildman–Crippen LogP) is 16.6. The zero-order valence-corrected chi connectivity index (χ0v) is 34.2. The smallest absolute Gasteiger partial charge is 0.205 e. The Labute approximate surface area is 359 Å². The quantitative estimate of drug-likeness (QED) is 0.159. The van der Waals surface area contributed by atoms with Crippen LogP contribution in [0.5, 0.6) is 0 Å². The molecular weight excluding hydrogens is 779 g/mol. The van der Waals surface area contributed by atoms with Crippen LogP contribution in [0.1, 0.15) is 5.56 Å². The zero-order valence-electron chi connectivity index (χ0n) is 32.6. The lowest BCUT2D eigenvalue weighted by molar-refractivity contribution is 1.19. The van der Waals surface area contributed by atoms with Crippen molar-refractivity contribution in [3.8, 4) is 56.3 Å². The van der Waals surface area contributed by atoms with Crippen LogP contribution >= 0.6 is 22.7 Å². The van der Waals surface area contributed by atoms with Crippen LogP contribution in [0.15, 0.2) is 188 Å². The molecule has 0 N–H and O–H groups in total. The van der Waals surface area contributed by atoms with E-state index in [-0.39, 0.29) is 0 Å². The number of benzene rings is 9. The van der Waals surface area contributed by atoms with Gasteiger partial charge >= 0.3 is 0 Å². The summed E-state index contributed by atoms with van der Waals surface area (Å²) < 4.78 is 7.09. The summed E-state index contributed by atoms with van der Waals surface area (Å²) in [7, 11) is 0. The summed E-state index contributed by atoms with van der Waals surface area (Å²) in [5.74, 6) is 0. The van der Waals surface area contributed by atoms with Gasteiger partial charge in [0, 0.05) is 47.3 Å². The fraction of sp³-hybridized carbons (Fsp3) is 0. The number of fused-ring (bicyclic) bond motifs is 11. The maximum absolute atomic E-state index is 12.0. The molecule has 0 saturated heterocycles. The molecule has 0 unspecified atom stereocenters. The predicted molar refractivity (Wildman–Crippen MR) is 259 cm³/mol. The van der Waals surface area contributed by atoms with E-state index in [0.29, 0.717) is 11.3 Å². The van der Waals surface area contributed by atoms with Gasteiger partial charge < -0.3 is 4.57 Å². The molecule has 12 aromatic rings. The number of rotatable bonds is 5. The summed E-state index contributed by atoms with van der Waals surface area (Å²) in [5.41, 5.74) is 10.9. The van der Waals surface area contributed by atoms with Crippen LogP contribution < -0.4 is 0 Å². The molecule has 3 heterocycles. The maximum Gasteiger partial charge on any atom is 0.205 e. The van der Waals surface area contributed by atoms with E-state index in [0.717, 1.165) is 81.4 Å². The number of nitriles is 1. The molecule has 9 aromatic carbocycles. The molecule has 282 valence electrons. The van der Waals surface area contributed by atoms with Crippen LogP contribution in [-0.4, -0.2) is 4.57 Å². The van der Waals surface area contributed by atoms with Crippen molar-refractivity contribution in [1.82, 2.24) is 4.57 Å². The van der Waals surface area contributed by atoms with E-state index >= 15 is 0 Å². The highest BCUT2D eigenvalue weighted by Crippen LogP contribution is 2.55. The third-order valence-electron chi connectivity index (χ3n) is 12.1. The van der Waals surface area contributed by atoms with Gasteiger partial charge in [-0.25, -0.2) is 4.85 Å². The van der Waals surface area contributed by atoms with E-state index in [4.69, 9.17) is 6.57 Å². The van der Waals surface area contributed by atoms with Gasteiger partial charge in [-0.1, -0.05) is 176 Å². The molecule has 0 aliphatic rings. The average molecular weight is 810 g/mol. The summed E-state index contributed by atoms with van der Waals surface area (Å²) in [6.45, 7) is 9.15. The third-order valence-corrected chi connectivity index (χ3v) is 14.5. The van der Waals surface area contributed by atoms with E-state index in [9.17, 15) is 5.26 Å². The average Bonchev–Trinajstić information content (AvgIpc) is 4.01. The minimum atomic E-state index is 0.510. The normalized spacial score (nSPS) is 11.6. The molecule has 0 radical (unpaired) electrons. The van der Waals surface area contributed by atoms with Crippen LogP contribution in [0.25, 0.3) is 117 Å². The number of nitrogens with zero attached hydrogens (tertiary/aromatic N) is 3. The Morgan fingerprint density at radius 2 is 0.820 bits per heavy atom. The Morgan fingerprint density at radius 1 is 0.410 bits per heavy atom. The van der Waals surface area contributed by atoms with E-state index in [1.54, 1.807) is 22.7 Å². The molecule has 0 spiro atoms. The Balaban J connectivity index is 1.34. The van der Waals surface area contributed by atoms with Crippen molar-refractivity contribution in [2.45, 2.75) is 0 Å². The van der Waals surface area contributed by atoms with E-state index in [1.165, 1.54) is 30.9 Å². The fourth-order valence-corrected chi connectivity index (χ4v) is 11.9. The first kappa shape index (κ1) is 35.2. The number of aromatic nitrogens is 1. The van der Waals surface area contributed by atoms with Gasteiger partial charge in [-0.2, -0.15) is 5.26 Å². The second kappa shape index (κ2) is 13.9. The second-order valence-corrected chi connectivity index (χ2v) is 17.4. The van der Waals surface area contributed by atoms with E-state index in [2.05, 4.69) is 149 Å². The van der Waals surface area contributed by atoms with Crippen molar-refractivity contribution in [2.24, 2.45) is 0 Å². The van der Waals surface area contributed by atoms with Gasteiger partial charge in [-0.15, -0.1) is 22.7 Å². The Hall–Kier alpha value is -7.80. The lowest BCUT2D eigenvalue weighted by atomic mass is 9.83. The Kier molecular flexibility index (Phi) is 8.02. The first-order valence-electron chi connectivity index (χ1n) is 20.2. The molecule has 61 heavy (non-hydrogen) atoms. The zero-order chi connectivity index (χ0) is 40.6. The summed E-state index contributed by atoms with van der Waals surface area (Å²) in [5, 5.41) is 18.9. The molecule has 0 aliphatic carbocycles. The second-order valence-electron chi connectivity index (χ2n) is 15.3. The van der Waals surface area contributed by atoms with Crippen LogP contribution in [0, 0.1) is 17.9 Å². The lowest BCUT2D eigenvalue weighted by Crippen LogP contribution is -2.05. The van der Waals surface area contributed by atoms with Gasteiger partial charge in [0.1, 0.15) is 6.07 Å².